The summed E-state index contributed by atoms with van der Waals surface area (Å²) in [6.07, 6.45) is 3.10. The van der Waals surface area contributed by atoms with Crippen LogP contribution in [-0.2, 0) is 11.2 Å². The van der Waals surface area contributed by atoms with E-state index in [-0.39, 0.29) is 5.78 Å². The summed E-state index contributed by atoms with van der Waals surface area (Å²) in [6.45, 7) is 0. The van der Waals surface area contributed by atoms with Crippen LogP contribution in [0.3, 0.4) is 0 Å². The Kier molecular flexibility index (Phi) is 3.63. The molecule has 0 saturated carbocycles. The van der Waals surface area contributed by atoms with Crippen molar-refractivity contribution in [2.24, 2.45) is 5.73 Å². The van der Waals surface area contributed by atoms with Gasteiger partial charge in [0, 0.05) is 27.7 Å². The molecule has 0 fully saturated rings. The first-order chi connectivity index (χ1) is 7.66. The van der Waals surface area contributed by atoms with Crippen molar-refractivity contribution in [1.29, 1.82) is 0 Å². The Hall–Kier alpha value is -0.840. The number of hydrogen-bond donors (Lipinski definition) is 1. The van der Waals surface area contributed by atoms with Gasteiger partial charge < -0.3 is 5.73 Å². The molecule has 3 heteroatoms. The van der Waals surface area contributed by atoms with Crippen LogP contribution in [0.15, 0.2) is 35.5 Å². The summed E-state index contributed by atoms with van der Waals surface area (Å²) < 4.78 is 1.19. The number of ketones is 1. The molecule has 1 aromatic rings. The molecule has 1 aliphatic rings. The lowest BCUT2D eigenvalue weighted by atomic mass is 9.91. The Morgan fingerprint density at radius 2 is 2.12 bits per heavy atom. The maximum Gasteiger partial charge on any atom is 0.160 e. The molecule has 2 N–H and O–H groups in total. The van der Waals surface area contributed by atoms with Gasteiger partial charge in [0.15, 0.2) is 5.78 Å². The minimum Gasteiger partial charge on any atom is -0.402 e. The summed E-state index contributed by atoms with van der Waals surface area (Å²) in [7, 11) is 0. The van der Waals surface area contributed by atoms with E-state index in [0.717, 1.165) is 24.1 Å². The summed E-state index contributed by atoms with van der Waals surface area (Å²) in [4.78, 5) is 11.8. The van der Waals surface area contributed by atoms with Gasteiger partial charge in [-0.05, 0) is 53.1 Å². The lowest BCUT2D eigenvalue weighted by Gasteiger charge is -2.16. The number of carbonyl (C=O) groups is 1. The molecule has 0 heterocycles. The number of allylic oxidation sites excluding steroid dienone is 2. The first-order valence-electron chi connectivity index (χ1n) is 5.42. The maximum atomic E-state index is 11.8. The topological polar surface area (TPSA) is 43.1 Å². The number of halogens is 1. The van der Waals surface area contributed by atoms with Crippen molar-refractivity contribution in [1.82, 2.24) is 0 Å². The Morgan fingerprint density at radius 1 is 1.31 bits per heavy atom. The average molecular weight is 327 g/mol. The van der Waals surface area contributed by atoms with E-state index in [1.54, 1.807) is 0 Å². The van der Waals surface area contributed by atoms with Gasteiger partial charge in [-0.25, -0.2) is 0 Å². The summed E-state index contributed by atoms with van der Waals surface area (Å²) in [5, 5.41) is 0. The maximum absolute atomic E-state index is 11.8. The highest BCUT2D eigenvalue weighted by Crippen LogP contribution is 2.22. The fourth-order valence-corrected chi connectivity index (χ4v) is 2.59. The molecule has 0 saturated heterocycles. The number of nitrogens with two attached hydrogens (primary N) is 1. The van der Waals surface area contributed by atoms with Gasteiger partial charge in [-0.3, -0.25) is 4.79 Å². The molecule has 1 aromatic carbocycles. The SMILES string of the molecule is NC1=C(Cc2cccc(I)c2)C(=O)CCC1. The average Bonchev–Trinajstić information content (AvgIpc) is 2.24. The second kappa shape index (κ2) is 4.99. The minimum atomic E-state index is 0.225. The zero-order chi connectivity index (χ0) is 11.5. The van der Waals surface area contributed by atoms with Crippen molar-refractivity contribution >= 4 is 28.4 Å². The smallest absolute Gasteiger partial charge is 0.160 e. The Morgan fingerprint density at radius 3 is 2.81 bits per heavy atom. The van der Waals surface area contributed by atoms with Crippen LogP contribution in [0.4, 0.5) is 0 Å². The predicted molar refractivity (Wildman–Crippen MR) is 72.9 cm³/mol. The van der Waals surface area contributed by atoms with E-state index in [1.165, 1.54) is 9.13 Å². The normalized spacial score (nSPS) is 16.7. The van der Waals surface area contributed by atoms with Crippen LogP contribution in [0.5, 0.6) is 0 Å². The molecule has 0 unspecified atom stereocenters. The first-order valence-corrected chi connectivity index (χ1v) is 6.50. The standard InChI is InChI=1S/C13H14INO/c14-10-4-1-3-9(7-10)8-11-12(15)5-2-6-13(11)16/h1,3-4,7H,2,5-6,8,15H2. The molecule has 2 nitrogen and oxygen atoms in total. The third kappa shape index (κ3) is 2.64. The van der Waals surface area contributed by atoms with Gasteiger partial charge in [-0.15, -0.1) is 0 Å². The molecule has 0 amide bonds. The molecule has 0 atom stereocenters. The second-order valence-electron chi connectivity index (χ2n) is 4.09. The van der Waals surface area contributed by atoms with E-state index in [1.807, 2.05) is 18.2 Å². The van der Waals surface area contributed by atoms with E-state index in [4.69, 9.17) is 5.73 Å². The van der Waals surface area contributed by atoms with Gasteiger partial charge in [-0.1, -0.05) is 12.1 Å². The van der Waals surface area contributed by atoms with Crippen LogP contribution in [0, 0.1) is 3.57 Å². The molecule has 0 radical (unpaired) electrons. The summed E-state index contributed by atoms with van der Waals surface area (Å²) in [6, 6.07) is 8.21. The van der Waals surface area contributed by atoms with Gasteiger partial charge in [0.05, 0.1) is 0 Å². The van der Waals surface area contributed by atoms with Crippen molar-refractivity contribution in [3.8, 4) is 0 Å². The minimum absolute atomic E-state index is 0.225. The lowest BCUT2D eigenvalue weighted by molar-refractivity contribution is -0.116. The number of rotatable bonds is 2. The Labute approximate surface area is 109 Å². The predicted octanol–water partition coefficient (Wildman–Crippen LogP) is 2.80. The molecule has 84 valence electrons. The fraction of sp³-hybridized carbons (Fsp3) is 0.308. The second-order valence-corrected chi connectivity index (χ2v) is 5.33. The number of Topliss-reactive ketones (excluding diaryl/α,β-unsaturated/α-hetero) is 1. The summed E-state index contributed by atoms with van der Waals surface area (Å²) in [5.41, 5.74) is 8.69. The van der Waals surface area contributed by atoms with Crippen molar-refractivity contribution in [2.75, 3.05) is 0 Å². The fourth-order valence-electron chi connectivity index (χ4n) is 1.98. The van der Waals surface area contributed by atoms with Crippen molar-refractivity contribution in [3.63, 3.8) is 0 Å². The van der Waals surface area contributed by atoms with Crippen LogP contribution < -0.4 is 5.73 Å². The van der Waals surface area contributed by atoms with Crippen LogP contribution in [0.1, 0.15) is 24.8 Å². The van der Waals surface area contributed by atoms with Gasteiger partial charge in [0.1, 0.15) is 0 Å². The first kappa shape index (κ1) is 11.6. The molecule has 1 aliphatic carbocycles. The zero-order valence-electron chi connectivity index (χ0n) is 9.00. The lowest BCUT2D eigenvalue weighted by Crippen LogP contribution is -2.18. The zero-order valence-corrected chi connectivity index (χ0v) is 11.2. The molecule has 0 spiro atoms. The van der Waals surface area contributed by atoms with Crippen molar-refractivity contribution < 1.29 is 4.79 Å². The van der Waals surface area contributed by atoms with Crippen LogP contribution in [0.2, 0.25) is 0 Å². The monoisotopic (exact) mass is 327 g/mol. The highest BCUT2D eigenvalue weighted by atomic mass is 127. The van der Waals surface area contributed by atoms with Gasteiger partial charge >= 0.3 is 0 Å². The number of hydrogen-bond acceptors (Lipinski definition) is 2. The van der Waals surface area contributed by atoms with Gasteiger partial charge in [0.2, 0.25) is 0 Å². The van der Waals surface area contributed by atoms with Gasteiger partial charge in [-0.2, -0.15) is 0 Å². The summed E-state index contributed by atoms with van der Waals surface area (Å²) in [5.74, 6) is 0.225. The van der Waals surface area contributed by atoms with E-state index in [2.05, 4.69) is 28.7 Å². The van der Waals surface area contributed by atoms with Crippen LogP contribution in [-0.4, -0.2) is 5.78 Å². The number of benzene rings is 1. The van der Waals surface area contributed by atoms with E-state index >= 15 is 0 Å². The molecule has 2 rings (SSSR count). The van der Waals surface area contributed by atoms with Crippen LogP contribution >= 0.6 is 22.6 Å². The van der Waals surface area contributed by atoms with E-state index < -0.39 is 0 Å². The third-order valence-corrected chi connectivity index (χ3v) is 3.52. The summed E-state index contributed by atoms with van der Waals surface area (Å²) >= 11 is 2.28. The molecule has 16 heavy (non-hydrogen) atoms. The Balaban J connectivity index is 2.23. The highest BCUT2D eigenvalue weighted by molar-refractivity contribution is 14.1. The molecule has 0 aromatic heterocycles. The highest BCUT2D eigenvalue weighted by Gasteiger charge is 2.18. The Bertz CT molecular complexity index is 451. The molecular formula is C13H14INO. The van der Waals surface area contributed by atoms with E-state index in [9.17, 15) is 4.79 Å². The largest absolute Gasteiger partial charge is 0.402 e. The van der Waals surface area contributed by atoms with E-state index in [0.29, 0.717) is 12.8 Å². The molecular weight excluding hydrogens is 313 g/mol. The molecule has 0 aliphatic heterocycles. The van der Waals surface area contributed by atoms with Crippen LogP contribution in [0.25, 0.3) is 0 Å². The quantitative estimate of drug-likeness (QED) is 0.849. The third-order valence-electron chi connectivity index (χ3n) is 2.84. The molecule has 0 bridgehead atoms. The van der Waals surface area contributed by atoms with Crippen molar-refractivity contribution in [3.05, 3.63) is 44.7 Å². The van der Waals surface area contributed by atoms with Crippen molar-refractivity contribution in [2.45, 2.75) is 25.7 Å². The number of carbonyl (C=O) groups excluding carboxylic acids is 1. The van der Waals surface area contributed by atoms with Gasteiger partial charge in [0.25, 0.3) is 0 Å².